The van der Waals surface area contributed by atoms with E-state index in [0.717, 1.165) is 35.2 Å². The molecule has 2 heterocycles. The predicted octanol–water partition coefficient (Wildman–Crippen LogP) is 2.40. The number of nitrogens with one attached hydrogen (secondary N) is 1. The maximum Gasteiger partial charge on any atom is 0.307 e. The molecule has 2 aromatic rings. The molecule has 1 saturated heterocycles. The van der Waals surface area contributed by atoms with Gasteiger partial charge in [-0.05, 0) is 24.5 Å². The van der Waals surface area contributed by atoms with Gasteiger partial charge in [0.1, 0.15) is 0 Å². The second kappa shape index (κ2) is 4.37. The normalized spacial score (nSPS) is 15.4. The maximum absolute atomic E-state index is 11.0. The van der Waals surface area contributed by atoms with Gasteiger partial charge in [-0.2, -0.15) is 0 Å². The molecule has 0 radical (unpaired) electrons. The van der Waals surface area contributed by atoms with Crippen LogP contribution in [0.15, 0.2) is 24.4 Å². The molecule has 1 fully saturated rings. The molecule has 2 N–H and O–H groups in total. The number of anilines is 1. The fourth-order valence-electron chi connectivity index (χ4n) is 2.76. The summed E-state index contributed by atoms with van der Waals surface area (Å²) in [6, 6.07) is 5.96. The zero-order valence-electron chi connectivity index (χ0n) is 10.1. The lowest BCUT2D eigenvalue weighted by atomic mass is 10.1. The van der Waals surface area contributed by atoms with Crippen molar-refractivity contribution < 1.29 is 9.90 Å². The van der Waals surface area contributed by atoms with Crippen LogP contribution >= 0.6 is 0 Å². The summed E-state index contributed by atoms with van der Waals surface area (Å²) < 4.78 is 0. The minimum Gasteiger partial charge on any atom is -0.481 e. The Labute approximate surface area is 105 Å². The first kappa shape index (κ1) is 11.1. The van der Waals surface area contributed by atoms with E-state index in [1.165, 1.54) is 12.8 Å². The van der Waals surface area contributed by atoms with Crippen LogP contribution in [0.4, 0.5) is 5.69 Å². The van der Waals surface area contributed by atoms with Crippen LogP contribution in [0.1, 0.15) is 18.4 Å². The first-order chi connectivity index (χ1) is 8.75. The number of aromatic amines is 1. The molecule has 0 bridgehead atoms. The van der Waals surface area contributed by atoms with Gasteiger partial charge in [0.05, 0.1) is 17.6 Å². The van der Waals surface area contributed by atoms with Gasteiger partial charge in [-0.15, -0.1) is 0 Å². The maximum atomic E-state index is 11.0. The molecule has 1 aromatic heterocycles. The van der Waals surface area contributed by atoms with Crippen LogP contribution in [-0.2, 0) is 11.2 Å². The van der Waals surface area contributed by atoms with Gasteiger partial charge in [0.2, 0.25) is 0 Å². The minimum absolute atomic E-state index is 0.0841. The summed E-state index contributed by atoms with van der Waals surface area (Å²) in [6.07, 6.45) is 4.36. The fourth-order valence-corrected chi connectivity index (χ4v) is 2.76. The average molecular weight is 244 g/mol. The summed E-state index contributed by atoms with van der Waals surface area (Å²) in [7, 11) is 0. The third-order valence-electron chi connectivity index (χ3n) is 3.55. The first-order valence-corrected chi connectivity index (χ1v) is 6.31. The predicted molar refractivity (Wildman–Crippen MR) is 71.1 cm³/mol. The summed E-state index contributed by atoms with van der Waals surface area (Å²) in [5, 5.41) is 10.2. The number of aliphatic carboxylic acids is 1. The number of hydrogen-bond donors (Lipinski definition) is 2. The van der Waals surface area contributed by atoms with Crippen LogP contribution in [0.25, 0.3) is 10.9 Å². The Kier molecular flexibility index (Phi) is 2.70. The van der Waals surface area contributed by atoms with Crippen LogP contribution in [0.5, 0.6) is 0 Å². The number of nitrogens with zero attached hydrogens (tertiary/aromatic N) is 1. The van der Waals surface area contributed by atoms with Gasteiger partial charge < -0.3 is 15.0 Å². The Morgan fingerprint density at radius 2 is 2.06 bits per heavy atom. The Balaban J connectivity index is 2.14. The number of hydrogen-bond acceptors (Lipinski definition) is 2. The van der Waals surface area contributed by atoms with E-state index in [4.69, 9.17) is 5.11 Å². The third-order valence-corrected chi connectivity index (χ3v) is 3.55. The molecule has 94 valence electrons. The highest BCUT2D eigenvalue weighted by Crippen LogP contribution is 2.32. The van der Waals surface area contributed by atoms with Crippen molar-refractivity contribution in [3.63, 3.8) is 0 Å². The van der Waals surface area contributed by atoms with Crippen molar-refractivity contribution in [1.82, 2.24) is 4.98 Å². The number of carboxylic acid groups (broad SMARTS) is 1. The highest BCUT2D eigenvalue weighted by molar-refractivity contribution is 5.94. The monoisotopic (exact) mass is 244 g/mol. The summed E-state index contributed by atoms with van der Waals surface area (Å²) in [5.41, 5.74) is 3.05. The lowest BCUT2D eigenvalue weighted by Gasteiger charge is -2.22. The standard InChI is InChI=1S/C14H16N2O2/c17-12(18)9-11-4-3-10-5-6-15-13(10)14(11)16-7-1-2-8-16/h3-6,15H,1-2,7-9H2,(H,17,18). The highest BCUT2D eigenvalue weighted by Gasteiger charge is 2.20. The van der Waals surface area contributed by atoms with Gasteiger partial charge >= 0.3 is 5.97 Å². The first-order valence-electron chi connectivity index (χ1n) is 6.31. The van der Waals surface area contributed by atoms with Gasteiger partial charge in [-0.25, -0.2) is 0 Å². The molecule has 0 aliphatic carbocycles. The Hall–Kier alpha value is -1.97. The van der Waals surface area contributed by atoms with Crippen LogP contribution in [0.3, 0.4) is 0 Å². The van der Waals surface area contributed by atoms with Crippen molar-refractivity contribution >= 4 is 22.6 Å². The van der Waals surface area contributed by atoms with Gasteiger partial charge in [-0.3, -0.25) is 4.79 Å². The molecular formula is C14H16N2O2. The van der Waals surface area contributed by atoms with Crippen LogP contribution < -0.4 is 4.90 Å². The summed E-state index contributed by atoms with van der Waals surface area (Å²) in [4.78, 5) is 16.5. The number of carbonyl (C=O) groups is 1. The van der Waals surface area contributed by atoms with E-state index in [9.17, 15) is 4.79 Å². The third kappa shape index (κ3) is 1.83. The quantitative estimate of drug-likeness (QED) is 0.871. The smallest absolute Gasteiger partial charge is 0.307 e. The Bertz CT molecular complexity index is 582. The molecular weight excluding hydrogens is 228 g/mol. The van der Waals surface area contributed by atoms with Gasteiger partial charge in [0.25, 0.3) is 0 Å². The number of rotatable bonds is 3. The van der Waals surface area contributed by atoms with E-state index >= 15 is 0 Å². The van der Waals surface area contributed by atoms with E-state index in [2.05, 4.69) is 9.88 Å². The summed E-state index contributed by atoms with van der Waals surface area (Å²) >= 11 is 0. The molecule has 18 heavy (non-hydrogen) atoms. The van der Waals surface area contributed by atoms with E-state index in [1.807, 2.05) is 24.4 Å². The van der Waals surface area contributed by atoms with Crippen molar-refractivity contribution in [3.05, 3.63) is 30.0 Å². The highest BCUT2D eigenvalue weighted by atomic mass is 16.4. The molecule has 1 aliphatic heterocycles. The molecule has 1 aliphatic rings. The van der Waals surface area contributed by atoms with Gasteiger partial charge in [-0.1, -0.05) is 12.1 Å². The van der Waals surface area contributed by atoms with Gasteiger partial charge in [0.15, 0.2) is 0 Å². The fraction of sp³-hybridized carbons (Fsp3) is 0.357. The molecule has 4 nitrogen and oxygen atoms in total. The average Bonchev–Trinajstić information content (AvgIpc) is 2.97. The zero-order chi connectivity index (χ0) is 12.5. The van der Waals surface area contributed by atoms with Crippen LogP contribution in [-0.4, -0.2) is 29.1 Å². The molecule has 0 unspecified atom stereocenters. The number of aromatic nitrogens is 1. The minimum atomic E-state index is -0.777. The second-order valence-electron chi connectivity index (χ2n) is 4.78. The lowest BCUT2D eigenvalue weighted by molar-refractivity contribution is -0.136. The van der Waals surface area contributed by atoms with Crippen molar-refractivity contribution in [3.8, 4) is 0 Å². The van der Waals surface area contributed by atoms with Gasteiger partial charge in [0, 0.05) is 24.7 Å². The topological polar surface area (TPSA) is 56.3 Å². The molecule has 4 heteroatoms. The molecule has 1 aromatic carbocycles. The number of fused-ring (bicyclic) bond motifs is 1. The van der Waals surface area contributed by atoms with E-state index in [0.29, 0.717) is 0 Å². The van der Waals surface area contributed by atoms with E-state index in [1.54, 1.807) is 0 Å². The summed E-state index contributed by atoms with van der Waals surface area (Å²) in [6.45, 7) is 2.04. The van der Waals surface area contributed by atoms with Crippen molar-refractivity contribution in [2.45, 2.75) is 19.3 Å². The largest absolute Gasteiger partial charge is 0.481 e. The number of H-pyrrole nitrogens is 1. The zero-order valence-corrected chi connectivity index (χ0v) is 10.1. The van der Waals surface area contributed by atoms with E-state index in [-0.39, 0.29) is 6.42 Å². The summed E-state index contributed by atoms with van der Waals surface area (Å²) in [5.74, 6) is -0.777. The molecule has 0 saturated carbocycles. The Morgan fingerprint density at radius 1 is 1.28 bits per heavy atom. The Morgan fingerprint density at radius 3 is 2.78 bits per heavy atom. The van der Waals surface area contributed by atoms with Crippen molar-refractivity contribution in [2.24, 2.45) is 0 Å². The lowest BCUT2D eigenvalue weighted by Crippen LogP contribution is -2.20. The molecule has 3 rings (SSSR count). The van der Waals surface area contributed by atoms with E-state index < -0.39 is 5.97 Å². The van der Waals surface area contributed by atoms with Crippen molar-refractivity contribution in [2.75, 3.05) is 18.0 Å². The second-order valence-corrected chi connectivity index (χ2v) is 4.78. The molecule has 0 spiro atoms. The molecule has 0 amide bonds. The van der Waals surface area contributed by atoms with Crippen LogP contribution in [0.2, 0.25) is 0 Å². The number of benzene rings is 1. The van der Waals surface area contributed by atoms with Crippen molar-refractivity contribution in [1.29, 1.82) is 0 Å². The molecule has 0 atom stereocenters. The SMILES string of the molecule is O=C(O)Cc1ccc2cc[nH]c2c1N1CCCC1. The number of carboxylic acids is 1. The van der Waals surface area contributed by atoms with Crippen LogP contribution in [0, 0.1) is 0 Å².